The third-order valence-electron chi connectivity index (χ3n) is 16.8. The number of aromatic nitrogens is 8. The Bertz CT molecular complexity index is 5370. The summed E-state index contributed by atoms with van der Waals surface area (Å²) in [6.07, 6.45) is 20.8. The topological polar surface area (TPSA) is 275 Å². The number of carboxylic acid groups (broad SMARTS) is 1. The molecule has 1 amide bonds. The van der Waals surface area contributed by atoms with Crippen LogP contribution in [0.15, 0.2) is 163 Å². The lowest BCUT2D eigenvalue weighted by Gasteiger charge is -2.11. The normalized spacial score (nSPS) is 14.0. The summed E-state index contributed by atoms with van der Waals surface area (Å²) in [7, 11) is 0. The Morgan fingerprint density at radius 1 is 0.548 bits per heavy atom. The average Bonchev–Trinajstić information content (AvgIpc) is 1.66. The highest BCUT2D eigenvalue weighted by Crippen LogP contribution is 2.37. The smallest absolute Gasteiger partial charge is 0.338 e. The number of ketones is 1. The van der Waals surface area contributed by atoms with E-state index in [4.69, 9.17) is 38.9 Å². The first-order valence-corrected chi connectivity index (χ1v) is 30.5. The van der Waals surface area contributed by atoms with Gasteiger partial charge in [0.25, 0.3) is 5.91 Å². The third kappa shape index (κ3) is 12.1. The zero-order valence-corrected chi connectivity index (χ0v) is 51.7. The molecule has 9 heterocycles. The van der Waals surface area contributed by atoms with Crippen molar-refractivity contribution >= 4 is 170 Å². The number of rotatable bonds is 7. The molecule has 21 heteroatoms. The van der Waals surface area contributed by atoms with Crippen molar-refractivity contribution in [3.63, 3.8) is 0 Å². The summed E-state index contributed by atoms with van der Waals surface area (Å²) in [6, 6.07) is 43.6. The van der Waals surface area contributed by atoms with E-state index in [1.165, 1.54) is 0 Å². The number of Topliss-reactive ketones (excluding diaryl/α,β-unsaturated/α-hetero) is 1. The van der Waals surface area contributed by atoms with Gasteiger partial charge in [-0.2, -0.15) is 0 Å². The van der Waals surface area contributed by atoms with Crippen LogP contribution in [-0.4, -0.2) is 73.6 Å². The first-order chi connectivity index (χ1) is 45.0. The number of amides is 1. The number of carboxylic acids is 1. The number of halogens is 3. The summed E-state index contributed by atoms with van der Waals surface area (Å²) in [5.74, 6) is 4.07. The third-order valence-corrected chi connectivity index (χ3v) is 17.2. The molecule has 0 fully saturated rings. The van der Waals surface area contributed by atoms with Crippen LogP contribution in [0.5, 0.6) is 0 Å². The minimum Gasteiger partial charge on any atom is -0.478 e. The molecule has 0 unspecified atom stereocenters. The molecule has 14 aromatic rings. The number of aromatic amines is 4. The number of hydrogen-bond donors (Lipinski definition) is 8. The van der Waals surface area contributed by atoms with Gasteiger partial charge >= 0.3 is 5.97 Å². The minimum atomic E-state index is -1.05. The molecule has 0 saturated heterocycles. The van der Waals surface area contributed by atoms with E-state index >= 15 is 0 Å². The number of H-pyrrole nitrogens is 4. The van der Waals surface area contributed by atoms with Gasteiger partial charge in [0.15, 0.2) is 5.78 Å². The van der Waals surface area contributed by atoms with E-state index in [1.54, 1.807) is 6.07 Å². The van der Waals surface area contributed by atoms with Gasteiger partial charge in [0.05, 0.1) is 61.7 Å². The number of oxime groups is 1. The molecule has 0 saturated carbocycles. The van der Waals surface area contributed by atoms with Crippen LogP contribution in [0.1, 0.15) is 108 Å². The van der Waals surface area contributed by atoms with E-state index in [9.17, 15) is 24.7 Å². The van der Waals surface area contributed by atoms with Gasteiger partial charge in [-0.3, -0.25) is 29.2 Å². The largest absolute Gasteiger partial charge is 0.478 e. The van der Waals surface area contributed by atoms with Crippen LogP contribution >= 0.6 is 35.6 Å². The van der Waals surface area contributed by atoms with Crippen molar-refractivity contribution in [2.75, 3.05) is 0 Å². The highest BCUT2D eigenvalue weighted by molar-refractivity contribution is 6.31. The lowest BCUT2D eigenvalue weighted by atomic mass is 9.93. The van der Waals surface area contributed by atoms with Gasteiger partial charge in [0, 0.05) is 108 Å². The number of pyridine rings is 4. The number of carbonyl (C=O) groups is 3. The highest BCUT2D eigenvalue weighted by atomic mass is 35.5. The van der Waals surface area contributed by atoms with Gasteiger partial charge in [-0.1, -0.05) is 150 Å². The maximum atomic E-state index is 12.1. The number of hydrogen-bond acceptors (Lipinski definition) is 12. The molecule has 0 bridgehead atoms. The molecule has 0 spiro atoms. The molecule has 0 radical (unpaired) electrons. The number of benzene rings is 6. The zero-order chi connectivity index (χ0) is 63.0. The van der Waals surface area contributed by atoms with Crippen molar-refractivity contribution in [3.05, 3.63) is 236 Å². The van der Waals surface area contributed by atoms with Crippen LogP contribution in [0.25, 0.3) is 111 Å². The van der Waals surface area contributed by atoms with Crippen LogP contribution in [0.4, 0.5) is 0 Å². The van der Waals surface area contributed by atoms with Crippen molar-refractivity contribution < 1.29 is 34.4 Å². The van der Waals surface area contributed by atoms with Crippen LogP contribution in [0.2, 0.25) is 10.3 Å². The predicted molar refractivity (Wildman–Crippen MR) is 369 cm³/mol. The Labute approximate surface area is 545 Å². The van der Waals surface area contributed by atoms with Crippen molar-refractivity contribution in [1.82, 2.24) is 45.4 Å². The number of nitrogens with zero attached hydrogens (tertiary/aromatic N) is 5. The van der Waals surface area contributed by atoms with E-state index in [0.717, 1.165) is 159 Å². The van der Waals surface area contributed by atoms with Crippen LogP contribution in [0, 0.1) is 0 Å². The monoisotopic (exact) mass is 1290 g/mol. The Hall–Kier alpha value is -10.6. The summed E-state index contributed by atoms with van der Waals surface area (Å²) in [6.45, 7) is 0.231. The van der Waals surface area contributed by atoms with Gasteiger partial charge in [-0.15, -0.1) is 12.4 Å². The maximum absolute atomic E-state index is 12.1. The summed E-state index contributed by atoms with van der Waals surface area (Å²) < 4.78 is 0. The summed E-state index contributed by atoms with van der Waals surface area (Å²) in [4.78, 5) is 76.7. The molecule has 0 atom stereocenters. The lowest BCUT2D eigenvalue weighted by Crippen LogP contribution is -2.29. The molecule has 462 valence electrons. The van der Waals surface area contributed by atoms with Crippen molar-refractivity contribution in [3.8, 4) is 0 Å². The molecule has 93 heavy (non-hydrogen) atoms. The summed E-state index contributed by atoms with van der Waals surface area (Å²) in [5, 5.41) is 34.8. The maximum Gasteiger partial charge on any atom is 0.338 e. The van der Waals surface area contributed by atoms with Gasteiger partial charge in [0.1, 0.15) is 23.5 Å². The van der Waals surface area contributed by atoms with E-state index < -0.39 is 5.97 Å². The first-order valence-electron chi connectivity index (χ1n) is 29.7. The quantitative estimate of drug-likeness (QED) is 0.0420. The molecular weight excluding hydrogens is 1240 g/mol. The van der Waals surface area contributed by atoms with Gasteiger partial charge < -0.3 is 30.2 Å². The fraction of sp³-hybridized carbons (Fsp3) is 0.111. The van der Waals surface area contributed by atoms with E-state index in [-0.39, 0.29) is 42.9 Å². The molecule has 1 aliphatic heterocycles. The van der Waals surface area contributed by atoms with Crippen LogP contribution in [0.3, 0.4) is 0 Å². The first kappa shape index (κ1) is 61.3. The number of hydroxylamine groups is 1. The molecule has 6 aromatic carbocycles. The number of aryl methyl sites for hydroxylation is 2. The van der Waals surface area contributed by atoms with E-state index in [2.05, 4.69) is 74.6 Å². The molecule has 8 aromatic heterocycles. The van der Waals surface area contributed by atoms with Gasteiger partial charge in [-0.25, -0.2) is 26.1 Å². The fourth-order valence-electron chi connectivity index (χ4n) is 12.5. The minimum absolute atomic E-state index is 0. The molecule has 3 aliphatic rings. The predicted octanol–water partition coefficient (Wildman–Crippen LogP) is 16.2. The van der Waals surface area contributed by atoms with E-state index in [0.29, 0.717) is 44.6 Å². The molecule has 17 rings (SSSR count). The van der Waals surface area contributed by atoms with Crippen LogP contribution < -0.4 is 11.4 Å². The molecule has 2 aliphatic carbocycles. The Balaban J connectivity index is 0.000000114. The second kappa shape index (κ2) is 26.3. The van der Waals surface area contributed by atoms with E-state index in [1.807, 2.05) is 152 Å². The molecule has 18 nitrogen and oxygen atoms in total. The van der Waals surface area contributed by atoms with Crippen LogP contribution in [-0.2, 0) is 35.7 Å². The Morgan fingerprint density at radius 3 is 1.54 bits per heavy atom. The van der Waals surface area contributed by atoms with Crippen molar-refractivity contribution in [2.24, 2.45) is 11.1 Å². The number of aromatic carboxylic acids is 1. The number of nitrogens with one attached hydrogen (secondary N) is 5. The van der Waals surface area contributed by atoms with Crippen molar-refractivity contribution in [2.45, 2.75) is 51.7 Å². The summed E-state index contributed by atoms with van der Waals surface area (Å²) >= 11 is 12.1. The highest BCUT2D eigenvalue weighted by Gasteiger charge is 2.27. The van der Waals surface area contributed by atoms with Crippen molar-refractivity contribution in [1.29, 1.82) is 0 Å². The number of nitrogens with two attached hydrogens (primary N) is 1. The summed E-state index contributed by atoms with van der Waals surface area (Å²) in [5.41, 5.74) is 16.1. The van der Waals surface area contributed by atoms with Gasteiger partial charge in [0.2, 0.25) is 0 Å². The van der Waals surface area contributed by atoms with Gasteiger partial charge in [-0.05, 0) is 90.4 Å². The Morgan fingerprint density at radius 2 is 1.01 bits per heavy atom. The number of fused-ring (bicyclic) bond motifs is 18. The number of carbonyl (C=O) groups excluding carboxylic acids is 2. The second-order valence-corrected chi connectivity index (χ2v) is 23.2. The second-order valence-electron chi connectivity index (χ2n) is 22.4. The average molecular weight is 1290 g/mol. The fourth-order valence-corrected chi connectivity index (χ4v) is 12.8. The Kier molecular flexibility index (Phi) is 17.4. The zero-order valence-electron chi connectivity index (χ0n) is 49.4. The SMILES string of the molecule is Cl.NOCc1nc2c(ccc3c[nH]c(C=Cc4ccccc4)cc32)c1C(=O)O.O=C1CCCc2nc3c(ccc4c[nH]c(Cl)cc43)c21.O=C1NOCc2nc3c(ccc4c[nH]c(C=Cc5ccccc5)cc43)c21.ON=C1CCCc2nc3c(ccc4c[nH]c(Cl)cc43)c21. The molecular formula is C72H56Cl3N11O7. The molecule has 9 N–H and O–H groups in total. The standard InChI is InChI=1S/C21H17N3O3.C21H15N3O2.C15H12ClN3O.C15H11ClN2O.ClH/c22-27-12-18-19(21(25)26)16-9-7-14-11-23-15(10-17(14)20(16)24-18)8-6-13-4-2-1-3-5-13;25-21-19-16-9-7-14-11-22-15(8-6-13-4-2-1-3-5-13)10-17(14)20(16)23-18(19)12-26-24-21;16-13-6-10-8(7-17-13)4-5-9-14-11(18-15(9)10)2-1-3-12(14)19-20;16-13-6-10-8(7-17-13)4-5-9-14-11(18-15(9)10)2-1-3-12(14)19;/h1-11,23H,12,22H2,(H,25,26);1-11,22H,12H2,(H,24,25);4-7,17,20H,1-3H2;4-7,17H,1-3H2;1H. The lowest BCUT2D eigenvalue weighted by molar-refractivity contribution is 0.0145.